The molecule has 0 N–H and O–H groups in total. The van der Waals surface area contributed by atoms with Crippen molar-refractivity contribution in [1.29, 1.82) is 0 Å². The summed E-state index contributed by atoms with van der Waals surface area (Å²) in [7, 11) is 0. The molecule has 0 aromatic rings. The molecule has 0 bridgehead atoms. The van der Waals surface area contributed by atoms with E-state index < -0.39 is 6.03 Å². The van der Waals surface area contributed by atoms with Crippen molar-refractivity contribution in [3.8, 4) is 0 Å². The van der Waals surface area contributed by atoms with E-state index in [9.17, 15) is 14.4 Å². The van der Waals surface area contributed by atoms with Gasteiger partial charge < -0.3 is 9.47 Å². The number of nitrogens with zero attached hydrogens (tertiary/aromatic N) is 2. The number of ether oxygens (including phenoxy) is 2. The molecule has 2 aliphatic rings. The largest absolute Gasteiger partial charge is 0.373 e. The van der Waals surface area contributed by atoms with Gasteiger partial charge in [0.05, 0.1) is 25.4 Å². The number of unbranched alkanes of at least 4 members (excludes halogenated alkanes) is 2. The molecule has 0 aliphatic carbocycles. The smallest absolute Gasteiger partial charge is 0.333 e. The SMILES string of the molecule is C=CCCCCC(=O)N(CCCC1CO1)C(=O)N(CCCC1CO1)C(C)=O. The minimum Gasteiger partial charge on any atom is -0.373 e. The first-order valence-corrected chi connectivity index (χ1v) is 9.99. The Bertz CT molecular complexity index is 528. The molecule has 2 saturated heterocycles. The van der Waals surface area contributed by atoms with Gasteiger partial charge >= 0.3 is 6.03 Å². The van der Waals surface area contributed by atoms with E-state index in [0.29, 0.717) is 38.8 Å². The van der Waals surface area contributed by atoms with E-state index in [0.717, 1.165) is 38.9 Å². The summed E-state index contributed by atoms with van der Waals surface area (Å²) in [6.07, 6.45) is 8.10. The minimum absolute atomic E-state index is 0.211. The van der Waals surface area contributed by atoms with Crippen LogP contribution in [0.15, 0.2) is 12.7 Å². The fraction of sp³-hybridized carbons (Fsp3) is 0.750. The number of carbonyl (C=O) groups excluding carboxylic acids is 3. The van der Waals surface area contributed by atoms with E-state index >= 15 is 0 Å². The van der Waals surface area contributed by atoms with Gasteiger partial charge in [-0.15, -0.1) is 6.58 Å². The first-order valence-electron chi connectivity index (χ1n) is 9.99. The van der Waals surface area contributed by atoms with Gasteiger partial charge in [0.1, 0.15) is 0 Å². The van der Waals surface area contributed by atoms with E-state index in [2.05, 4.69) is 6.58 Å². The van der Waals surface area contributed by atoms with Crippen LogP contribution in [0.3, 0.4) is 0 Å². The lowest BCUT2D eigenvalue weighted by Crippen LogP contribution is -2.49. The van der Waals surface area contributed by atoms with Gasteiger partial charge in [-0.25, -0.2) is 4.79 Å². The Morgan fingerprint density at radius 3 is 2.00 bits per heavy atom. The zero-order chi connectivity index (χ0) is 19.6. The predicted molar refractivity (Wildman–Crippen MR) is 101 cm³/mol. The Morgan fingerprint density at radius 2 is 1.52 bits per heavy atom. The second-order valence-electron chi connectivity index (χ2n) is 7.23. The topological polar surface area (TPSA) is 82.8 Å². The second kappa shape index (κ2) is 11.2. The van der Waals surface area contributed by atoms with Crippen molar-refractivity contribution in [2.45, 2.75) is 70.5 Å². The highest BCUT2D eigenvalue weighted by Crippen LogP contribution is 2.18. The molecule has 0 radical (unpaired) electrons. The Balaban J connectivity index is 1.90. The first kappa shape index (κ1) is 21.6. The summed E-state index contributed by atoms with van der Waals surface area (Å²) in [5.74, 6) is -0.538. The standard InChI is InChI=1S/C20H32N2O5/c1-3-4-5-6-11-19(24)22(13-8-10-18-15-27-18)20(25)21(16(2)23)12-7-9-17-14-26-17/h3,17-18H,1,4-15H2,2H3. The molecule has 2 fully saturated rings. The summed E-state index contributed by atoms with van der Waals surface area (Å²) in [4.78, 5) is 40.0. The second-order valence-corrected chi connectivity index (χ2v) is 7.23. The number of epoxide rings is 2. The number of rotatable bonds is 13. The van der Waals surface area contributed by atoms with E-state index in [1.807, 2.05) is 6.08 Å². The molecule has 2 rings (SSSR count). The van der Waals surface area contributed by atoms with Crippen LogP contribution >= 0.6 is 0 Å². The zero-order valence-corrected chi connectivity index (χ0v) is 16.4. The van der Waals surface area contributed by atoms with Crippen LogP contribution in [0.25, 0.3) is 0 Å². The molecule has 2 atom stereocenters. The molecule has 7 nitrogen and oxygen atoms in total. The lowest BCUT2D eigenvalue weighted by Gasteiger charge is -2.27. The Kier molecular flexibility index (Phi) is 8.94. The highest BCUT2D eigenvalue weighted by molar-refractivity contribution is 6.01. The molecule has 0 saturated carbocycles. The Morgan fingerprint density at radius 1 is 0.963 bits per heavy atom. The van der Waals surface area contributed by atoms with Crippen molar-refractivity contribution in [2.75, 3.05) is 26.3 Å². The molecule has 0 aromatic carbocycles. The van der Waals surface area contributed by atoms with E-state index in [1.165, 1.54) is 16.7 Å². The molecule has 4 amide bonds. The van der Waals surface area contributed by atoms with Gasteiger partial charge in [0.2, 0.25) is 11.8 Å². The van der Waals surface area contributed by atoms with Gasteiger partial charge in [-0.3, -0.25) is 19.4 Å². The van der Waals surface area contributed by atoms with Crippen molar-refractivity contribution in [2.24, 2.45) is 0 Å². The molecular weight excluding hydrogens is 348 g/mol. The first-order chi connectivity index (χ1) is 13.0. The highest BCUT2D eigenvalue weighted by atomic mass is 16.6. The normalized spacial score (nSPS) is 20.0. The monoisotopic (exact) mass is 380 g/mol. The number of amides is 4. The lowest BCUT2D eigenvalue weighted by atomic mass is 10.1. The molecule has 0 spiro atoms. The van der Waals surface area contributed by atoms with Gasteiger partial charge in [-0.1, -0.05) is 6.08 Å². The lowest BCUT2D eigenvalue weighted by molar-refractivity contribution is -0.131. The summed E-state index contributed by atoms with van der Waals surface area (Å²) in [6, 6.07) is -0.496. The number of urea groups is 1. The summed E-state index contributed by atoms with van der Waals surface area (Å²) in [5.41, 5.74) is 0. The van der Waals surface area contributed by atoms with Gasteiger partial charge in [0.25, 0.3) is 0 Å². The van der Waals surface area contributed by atoms with Crippen molar-refractivity contribution >= 4 is 17.8 Å². The number of hydrogen-bond acceptors (Lipinski definition) is 5. The Hall–Kier alpha value is -1.73. The minimum atomic E-state index is -0.496. The maximum atomic E-state index is 12.9. The average Bonchev–Trinajstić information content (AvgIpc) is 3.53. The van der Waals surface area contributed by atoms with E-state index in [4.69, 9.17) is 9.47 Å². The van der Waals surface area contributed by atoms with Crippen LogP contribution in [0.4, 0.5) is 4.79 Å². The molecule has 2 aliphatic heterocycles. The van der Waals surface area contributed by atoms with Crippen LogP contribution in [0.2, 0.25) is 0 Å². The number of allylic oxidation sites excluding steroid dienone is 1. The summed E-state index contributed by atoms with van der Waals surface area (Å²) in [6.45, 7) is 7.21. The molecule has 2 heterocycles. The van der Waals surface area contributed by atoms with Crippen LogP contribution in [0.1, 0.15) is 58.3 Å². The third kappa shape index (κ3) is 8.22. The van der Waals surface area contributed by atoms with Crippen LogP contribution in [0, 0.1) is 0 Å². The van der Waals surface area contributed by atoms with E-state index in [1.54, 1.807) is 0 Å². The number of hydrogen-bond donors (Lipinski definition) is 0. The van der Waals surface area contributed by atoms with Crippen molar-refractivity contribution < 1.29 is 23.9 Å². The van der Waals surface area contributed by atoms with Crippen LogP contribution in [0.5, 0.6) is 0 Å². The van der Waals surface area contributed by atoms with Crippen molar-refractivity contribution in [3.05, 3.63) is 12.7 Å². The van der Waals surface area contributed by atoms with Crippen molar-refractivity contribution in [1.82, 2.24) is 9.80 Å². The van der Waals surface area contributed by atoms with Crippen LogP contribution in [-0.4, -0.2) is 66.2 Å². The maximum absolute atomic E-state index is 12.9. The third-order valence-corrected chi connectivity index (χ3v) is 4.81. The van der Waals surface area contributed by atoms with Crippen LogP contribution < -0.4 is 0 Å². The van der Waals surface area contributed by atoms with Crippen LogP contribution in [-0.2, 0) is 19.1 Å². The Labute approximate surface area is 161 Å². The molecule has 0 aromatic heterocycles. The molecule has 7 heteroatoms. The third-order valence-electron chi connectivity index (χ3n) is 4.81. The fourth-order valence-corrected chi connectivity index (χ4v) is 2.98. The van der Waals surface area contributed by atoms with Gasteiger partial charge in [0.15, 0.2) is 0 Å². The number of carbonyl (C=O) groups is 3. The van der Waals surface area contributed by atoms with Gasteiger partial charge in [-0.05, 0) is 44.9 Å². The quantitative estimate of drug-likeness (QED) is 0.279. The number of imide groups is 2. The zero-order valence-electron chi connectivity index (χ0n) is 16.4. The molecular formula is C20H32N2O5. The average molecular weight is 380 g/mol. The van der Waals surface area contributed by atoms with Crippen molar-refractivity contribution in [3.63, 3.8) is 0 Å². The molecule has 2 unspecified atom stereocenters. The summed E-state index contributed by atoms with van der Waals surface area (Å²) in [5, 5.41) is 0. The predicted octanol–water partition coefficient (Wildman–Crippen LogP) is 2.89. The summed E-state index contributed by atoms with van der Waals surface area (Å²) >= 11 is 0. The van der Waals surface area contributed by atoms with Gasteiger partial charge in [0, 0.05) is 26.4 Å². The molecule has 152 valence electrons. The summed E-state index contributed by atoms with van der Waals surface area (Å²) < 4.78 is 10.4. The van der Waals surface area contributed by atoms with Gasteiger partial charge in [-0.2, -0.15) is 0 Å². The highest BCUT2D eigenvalue weighted by Gasteiger charge is 2.30. The van der Waals surface area contributed by atoms with E-state index in [-0.39, 0.29) is 24.0 Å². The fourth-order valence-electron chi connectivity index (χ4n) is 2.98. The molecule has 27 heavy (non-hydrogen) atoms. The maximum Gasteiger partial charge on any atom is 0.333 e.